The molecule has 0 saturated carbocycles. The predicted octanol–water partition coefficient (Wildman–Crippen LogP) is 1.18. The molecule has 0 bridgehead atoms. The van der Waals surface area contributed by atoms with E-state index in [1.807, 2.05) is 6.92 Å². The largest absolute Gasteiger partial charge is 0.339 e. The van der Waals surface area contributed by atoms with Crippen molar-refractivity contribution >= 4 is 21.5 Å². The number of anilines is 2. The zero-order valence-corrected chi connectivity index (χ0v) is 10.5. The van der Waals surface area contributed by atoms with Gasteiger partial charge >= 0.3 is 0 Å². The van der Waals surface area contributed by atoms with Crippen molar-refractivity contribution in [2.24, 2.45) is 5.14 Å². The first-order valence-electron chi connectivity index (χ1n) is 5.15. The van der Waals surface area contributed by atoms with E-state index in [-0.39, 0.29) is 4.90 Å². The minimum atomic E-state index is -3.70. The quantitative estimate of drug-likeness (QED) is 0.867. The number of nitrogens with one attached hydrogen (secondary N) is 1. The summed E-state index contributed by atoms with van der Waals surface area (Å²) in [6, 6.07) is 9.75. The molecule has 3 N–H and O–H groups in total. The normalized spacial score (nSPS) is 11.2. The first kappa shape index (κ1) is 12.5. The Morgan fingerprint density at radius 2 is 1.94 bits per heavy atom. The van der Waals surface area contributed by atoms with Crippen LogP contribution in [0.25, 0.3) is 0 Å². The molecule has 0 atom stereocenters. The summed E-state index contributed by atoms with van der Waals surface area (Å²) >= 11 is 0. The Morgan fingerprint density at radius 3 is 2.56 bits per heavy atom. The summed E-state index contributed by atoms with van der Waals surface area (Å²) in [5.74, 6) is 0.534. The van der Waals surface area contributed by atoms with Crippen LogP contribution < -0.4 is 10.5 Å². The molecule has 0 aliphatic rings. The molecular weight excluding hydrogens is 252 g/mol. The van der Waals surface area contributed by atoms with Gasteiger partial charge in [0.15, 0.2) is 5.82 Å². The average molecular weight is 264 g/mol. The molecule has 1 aromatic carbocycles. The molecule has 0 amide bonds. The molecule has 18 heavy (non-hydrogen) atoms. The SMILES string of the molecule is Cc1ccc(Nc2cccc(S(N)(=O)=O)c2)nn1. The van der Waals surface area contributed by atoms with E-state index >= 15 is 0 Å². The molecule has 6 nitrogen and oxygen atoms in total. The van der Waals surface area contributed by atoms with Crippen molar-refractivity contribution in [3.63, 3.8) is 0 Å². The van der Waals surface area contributed by atoms with Crippen molar-refractivity contribution in [3.05, 3.63) is 42.1 Å². The molecule has 0 spiro atoms. The van der Waals surface area contributed by atoms with Gasteiger partial charge in [0.2, 0.25) is 10.0 Å². The first-order valence-corrected chi connectivity index (χ1v) is 6.70. The summed E-state index contributed by atoms with van der Waals surface area (Å²) in [6.07, 6.45) is 0. The van der Waals surface area contributed by atoms with Crippen LogP contribution in [0, 0.1) is 6.92 Å². The van der Waals surface area contributed by atoms with Gasteiger partial charge in [0.05, 0.1) is 10.6 Å². The maximum absolute atomic E-state index is 11.2. The van der Waals surface area contributed by atoms with Crippen molar-refractivity contribution in [1.82, 2.24) is 10.2 Å². The highest BCUT2D eigenvalue weighted by Gasteiger charge is 2.08. The molecule has 0 saturated heterocycles. The van der Waals surface area contributed by atoms with Crippen LogP contribution in [0.3, 0.4) is 0 Å². The van der Waals surface area contributed by atoms with Crippen LogP contribution in [-0.4, -0.2) is 18.6 Å². The Kier molecular flexibility index (Phi) is 3.26. The maximum atomic E-state index is 11.2. The highest BCUT2D eigenvalue weighted by molar-refractivity contribution is 7.89. The number of hydrogen-bond acceptors (Lipinski definition) is 5. The maximum Gasteiger partial charge on any atom is 0.238 e. The van der Waals surface area contributed by atoms with Crippen LogP contribution in [0.15, 0.2) is 41.3 Å². The van der Waals surface area contributed by atoms with Gasteiger partial charge in [-0.15, -0.1) is 5.10 Å². The lowest BCUT2D eigenvalue weighted by atomic mass is 10.3. The van der Waals surface area contributed by atoms with E-state index in [0.717, 1.165) is 5.69 Å². The number of aromatic nitrogens is 2. The molecule has 1 heterocycles. The topological polar surface area (TPSA) is 98.0 Å². The highest BCUT2D eigenvalue weighted by Crippen LogP contribution is 2.17. The number of benzene rings is 1. The van der Waals surface area contributed by atoms with Crippen molar-refractivity contribution in [1.29, 1.82) is 0 Å². The number of nitrogens with zero attached hydrogens (tertiary/aromatic N) is 2. The third-order valence-corrected chi connectivity index (χ3v) is 3.14. The van der Waals surface area contributed by atoms with Gasteiger partial charge in [-0.05, 0) is 37.3 Å². The Bertz CT molecular complexity index is 653. The molecular formula is C11H12N4O2S. The lowest BCUT2D eigenvalue weighted by molar-refractivity contribution is 0.598. The minimum absolute atomic E-state index is 0.0487. The molecule has 0 aliphatic heterocycles. The zero-order chi connectivity index (χ0) is 13.2. The number of aryl methyl sites for hydroxylation is 1. The number of rotatable bonds is 3. The summed E-state index contributed by atoms with van der Waals surface area (Å²) in [4.78, 5) is 0.0487. The van der Waals surface area contributed by atoms with Crippen molar-refractivity contribution < 1.29 is 8.42 Å². The summed E-state index contributed by atoms with van der Waals surface area (Å²) in [5, 5.41) is 15.8. The van der Waals surface area contributed by atoms with E-state index in [0.29, 0.717) is 11.5 Å². The monoisotopic (exact) mass is 264 g/mol. The van der Waals surface area contributed by atoms with Gasteiger partial charge in [-0.3, -0.25) is 0 Å². The van der Waals surface area contributed by atoms with Gasteiger partial charge < -0.3 is 5.32 Å². The lowest BCUT2D eigenvalue weighted by Gasteiger charge is -2.06. The van der Waals surface area contributed by atoms with Gasteiger partial charge in [-0.25, -0.2) is 13.6 Å². The summed E-state index contributed by atoms with van der Waals surface area (Å²) in [7, 11) is -3.70. The lowest BCUT2D eigenvalue weighted by Crippen LogP contribution is -2.12. The van der Waals surface area contributed by atoms with Crippen molar-refractivity contribution in [2.75, 3.05) is 5.32 Å². The van der Waals surface area contributed by atoms with Crippen LogP contribution in [-0.2, 0) is 10.0 Å². The third kappa shape index (κ3) is 3.02. The fourth-order valence-electron chi connectivity index (χ4n) is 1.36. The fraction of sp³-hybridized carbons (Fsp3) is 0.0909. The number of nitrogens with two attached hydrogens (primary N) is 1. The first-order chi connectivity index (χ1) is 8.45. The molecule has 0 aliphatic carbocycles. The van der Waals surface area contributed by atoms with Gasteiger partial charge in [0.1, 0.15) is 0 Å². The Balaban J connectivity index is 2.27. The average Bonchev–Trinajstić information content (AvgIpc) is 2.31. The molecule has 7 heteroatoms. The Labute approximate surface area is 105 Å². The minimum Gasteiger partial charge on any atom is -0.339 e. The summed E-state index contributed by atoms with van der Waals surface area (Å²) < 4.78 is 22.4. The van der Waals surface area contributed by atoms with Crippen LogP contribution in [0.4, 0.5) is 11.5 Å². The van der Waals surface area contributed by atoms with Crippen LogP contribution in [0.2, 0.25) is 0 Å². The second-order valence-corrected chi connectivity index (χ2v) is 5.32. The van der Waals surface area contributed by atoms with Crippen LogP contribution in [0.1, 0.15) is 5.69 Å². The smallest absolute Gasteiger partial charge is 0.238 e. The zero-order valence-electron chi connectivity index (χ0n) is 9.66. The van der Waals surface area contributed by atoms with E-state index in [2.05, 4.69) is 15.5 Å². The van der Waals surface area contributed by atoms with E-state index in [9.17, 15) is 8.42 Å². The number of hydrogen-bond donors (Lipinski definition) is 2. The second-order valence-electron chi connectivity index (χ2n) is 3.76. The van der Waals surface area contributed by atoms with Gasteiger partial charge in [-0.2, -0.15) is 5.10 Å². The molecule has 2 aromatic rings. The van der Waals surface area contributed by atoms with Gasteiger partial charge in [0.25, 0.3) is 0 Å². The molecule has 0 unspecified atom stereocenters. The van der Waals surface area contributed by atoms with Crippen LogP contribution in [0.5, 0.6) is 0 Å². The number of primary sulfonamides is 1. The number of sulfonamides is 1. The molecule has 1 aromatic heterocycles. The Hall–Kier alpha value is -1.99. The van der Waals surface area contributed by atoms with Gasteiger partial charge in [0, 0.05) is 5.69 Å². The molecule has 2 rings (SSSR count). The second kappa shape index (κ2) is 4.71. The van der Waals surface area contributed by atoms with E-state index in [1.165, 1.54) is 12.1 Å². The third-order valence-electron chi connectivity index (χ3n) is 2.23. The van der Waals surface area contributed by atoms with Crippen molar-refractivity contribution in [2.45, 2.75) is 11.8 Å². The predicted molar refractivity (Wildman–Crippen MR) is 67.9 cm³/mol. The molecule has 0 radical (unpaired) electrons. The summed E-state index contributed by atoms with van der Waals surface area (Å²) in [5.41, 5.74) is 1.39. The highest BCUT2D eigenvalue weighted by atomic mass is 32.2. The van der Waals surface area contributed by atoms with E-state index < -0.39 is 10.0 Å². The standard InChI is InChI=1S/C11H12N4O2S/c1-8-5-6-11(15-14-8)13-9-3-2-4-10(7-9)18(12,16)17/h2-7H,1H3,(H,13,15)(H2,12,16,17). The molecule has 94 valence electrons. The Morgan fingerprint density at radius 1 is 1.17 bits per heavy atom. The van der Waals surface area contributed by atoms with E-state index in [1.54, 1.807) is 24.3 Å². The fourth-order valence-corrected chi connectivity index (χ4v) is 1.92. The van der Waals surface area contributed by atoms with Crippen LogP contribution >= 0.6 is 0 Å². The molecule has 0 fully saturated rings. The van der Waals surface area contributed by atoms with Gasteiger partial charge in [-0.1, -0.05) is 6.07 Å². The van der Waals surface area contributed by atoms with Crippen molar-refractivity contribution in [3.8, 4) is 0 Å². The van der Waals surface area contributed by atoms with E-state index in [4.69, 9.17) is 5.14 Å². The summed E-state index contributed by atoms with van der Waals surface area (Å²) in [6.45, 7) is 1.83.